The van der Waals surface area contributed by atoms with Crippen molar-refractivity contribution in [3.8, 4) is 16.9 Å². The minimum atomic E-state index is 0.926. The molecular formula is C26H17N3. The molecule has 0 unspecified atom stereocenters. The fourth-order valence-corrected chi connectivity index (χ4v) is 4.17. The summed E-state index contributed by atoms with van der Waals surface area (Å²) in [6.45, 7) is 0. The molecule has 0 saturated carbocycles. The maximum absolute atomic E-state index is 4.72. The van der Waals surface area contributed by atoms with Crippen molar-refractivity contribution >= 4 is 32.7 Å². The summed E-state index contributed by atoms with van der Waals surface area (Å²) in [5.41, 5.74) is 5.23. The van der Waals surface area contributed by atoms with Gasteiger partial charge in [-0.05, 0) is 35.0 Å². The molecule has 0 fully saturated rings. The molecule has 0 spiro atoms. The van der Waals surface area contributed by atoms with Crippen molar-refractivity contribution < 1.29 is 0 Å². The molecule has 2 aromatic heterocycles. The fourth-order valence-electron chi connectivity index (χ4n) is 4.17. The second kappa shape index (κ2) is 6.28. The zero-order chi connectivity index (χ0) is 19.2. The predicted molar refractivity (Wildman–Crippen MR) is 119 cm³/mol. The largest absolute Gasteiger partial charge is 0.294 e. The van der Waals surface area contributed by atoms with Crippen molar-refractivity contribution in [1.82, 2.24) is 14.5 Å². The van der Waals surface area contributed by atoms with E-state index in [2.05, 4.69) is 94.5 Å². The van der Waals surface area contributed by atoms with E-state index in [1.807, 2.05) is 12.1 Å². The average molecular weight is 371 g/mol. The first-order valence-corrected chi connectivity index (χ1v) is 9.69. The summed E-state index contributed by atoms with van der Waals surface area (Å²) in [5, 5.41) is 4.69. The number of hydrogen-bond acceptors (Lipinski definition) is 2. The van der Waals surface area contributed by atoms with E-state index in [0.29, 0.717) is 0 Å². The summed E-state index contributed by atoms with van der Waals surface area (Å²) in [4.78, 5) is 9.41. The summed E-state index contributed by atoms with van der Waals surface area (Å²) < 4.78 is 2.24. The zero-order valence-electron chi connectivity index (χ0n) is 15.7. The lowest BCUT2D eigenvalue weighted by Gasteiger charge is -2.07. The summed E-state index contributed by atoms with van der Waals surface area (Å²) in [5.74, 6) is 0. The molecule has 0 radical (unpaired) electrons. The molecule has 0 aliphatic heterocycles. The van der Waals surface area contributed by atoms with Gasteiger partial charge in [0.2, 0.25) is 0 Å². The van der Waals surface area contributed by atoms with Gasteiger partial charge in [0.1, 0.15) is 12.0 Å². The highest BCUT2D eigenvalue weighted by Crippen LogP contribution is 2.37. The smallest absolute Gasteiger partial charge is 0.149 e. The molecule has 4 aromatic carbocycles. The molecule has 6 aromatic rings. The van der Waals surface area contributed by atoms with Gasteiger partial charge in [0.25, 0.3) is 0 Å². The van der Waals surface area contributed by atoms with Gasteiger partial charge < -0.3 is 0 Å². The SMILES string of the molecule is c1ccc(-c2ncnc3c2c2cc4ccccc4cc2n3-c2ccccc2)cc1. The van der Waals surface area contributed by atoms with Crippen molar-refractivity contribution in [2.45, 2.75) is 0 Å². The first-order valence-electron chi connectivity index (χ1n) is 9.69. The van der Waals surface area contributed by atoms with Gasteiger partial charge in [0.15, 0.2) is 0 Å². The highest BCUT2D eigenvalue weighted by atomic mass is 15.1. The van der Waals surface area contributed by atoms with Crippen LogP contribution in [0.5, 0.6) is 0 Å². The normalized spacial score (nSPS) is 11.4. The Morgan fingerprint density at radius 1 is 0.621 bits per heavy atom. The van der Waals surface area contributed by atoms with Crippen LogP contribution < -0.4 is 0 Å². The Morgan fingerprint density at radius 3 is 2.03 bits per heavy atom. The molecule has 2 heterocycles. The van der Waals surface area contributed by atoms with Crippen LogP contribution in [0.2, 0.25) is 0 Å². The molecule has 0 N–H and O–H groups in total. The number of aromatic nitrogens is 3. The van der Waals surface area contributed by atoms with Crippen molar-refractivity contribution in [3.63, 3.8) is 0 Å². The summed E-state index contributed by atoms with van der Waals surface area (Å²) in [6, 6.07) is 33.8. The van der Waals surface area contributed by atoms with Crippen LogP contribution in [0.4, 0.5) is 0 Å². The van der Waals surface area contributed by atoms with Crippen LogP contribution in [0, 0.1) is 0 Å². The molecule has 6 rings (SSSR count). The Balaban J connectivity index is 1.84. The van der Waals surface area contributed by atoms with Gasteiger partial charge in [0.05, 0.1) is 16.6 Å². The summed E-state index contributed by atoms with van der Waals surface area (Å²) >= 11 is 0. The Labute approximate surface area is 167 Å². The summed E-state index contributed by atoms with van der Waals surface area (Å²) in [7, 11) is 0. The van der Waals surface area contributed by atoms with Crippen molar-refractivity contribution in [2.24, 2.45) is 0 Å². The number of para-hydroxylation sites is 1. The molecule has 136 valence electrons. The lowest BCUT2D eigenvalue weighted by molar-refractivity contribution is 1.11. The molecule has 0 atom stereocenters. The molecule has 0 bridgehead atoms. The zero-order valence-corrected chi connectivity index (χ0v) is 15.7. The molecule has 3 nitrogen and oxygen atoms in total. The standard InChI is InChI=1S/C26H17N3/c1-3-9-18(10-4-1)25-24-22-15-19-11-7-8-12-20(19)16-23(22)29(26(24)28-17-27-25)21-13-5-2-6-14-21/h1-17H. The van der Waals surface area contributed by atoms with Crippen molar-refractivity contribution in [2.75, 3.05) is 0 Å². The lowest BCUT2D eigenvalue weighted by atomic mass is 10.0. The second-order valence-electron chi connectivity index (χ2n) is 7.17. The van der Waals surface area contributed by atoms with Crippen molar-refractivity contribution in [1.29, 1.82) is 0 Å². The number of fused-ring (bicyclic) bond motifs is 4. The number of nitrogens with zero attached hydrogens (tertiary/aromatic N) is 3. The first-order chi connectivity index (χ1) is 14.4. The third-order valence-electron chi connectivity index (χ3n) is 5.47. The van der Waals surface area contributed by atoms with Crippen LogP contribution in [0.3, 0.4) is 0 Å². The van der Waals surface area contributed by atoms with Gasteiger partial charge in [-0.25, -0.2) is 9.97 Å². The molecule has 0 aliphatic rings. The molecule has 29 heavy (non-hydrogen) atoms. The maximum Gasteiger partial charge on any atom is 0.149 e. The quantitative estimate of drug-likeness (QED) is 0.353. The van der Waals surface area contributed by atoms with Gasteiger partial charge in [-0.15, -0.1) is 0 Å². The highest BCUT2D eigenvalue weighted by molar-refractivity contribution is 6.16. The van der Waals surface area contributed by atoms with Crippen LogP contribution in [0.25, 0.3) is 49.7 Å². The van der Waals surface area contributed by atoms with Crippen LogP contribution in [0.15, 0.2) is 103 Å². The van der Waals surface area contributed by atoms with Gasteiger partial charge in [-0.3, -0.25) is 4.57 Å². The molecular weight excluding hydrogens is 354 g/mol. The van der Waals surface area contributed by atoms with Gasteiger partial charge in [-0.1, -0.05) is 72.8 Å². The first kappa shape index (κ1) is 16.0. The van der Waals surface area contributed by atoms with Crippen LogP contribution >= 0.6 is 0 Å². The Bertz CT molecular complexity index is 1480. The number of hydrogen-bond donors (Lipinski definition) is 0. The monoisotopic (exact) mass is 371 g/mol. The van der Waals surface area contributed by atoms with E-state index in [1.54, 1.807) is 6.33 Å². The lowest BCUT2D eigenvalue weighted by Crippen LogP contribution is -1.96. The predicted octanol–water partition coefficient (Wildman–Crippen LogP) is 6.39. The molecule has 3 heteroatoms. The van der Waals surface area contributed by atoms with Crippen molar-refractivity contribution in [3.05, 3.63) is 103 Å². The topological polar surface area (TPSA) is 30.7 Å². The Hall–Kier alpha value is -3.98. The Kier molecular flexibility index (Phi) is 3.47. The highest BCUT2D eigenvalue weighted by Gasteiger charge is 2.18. The molecule has 0 aliphatic carbocycles. The van der Waals surface area contributed by atoms with E-state index in [0.717, 1.165) is 33.5 Å². The van der Waals surface area contributed by atoms with Gasteiger partial charge >= 0.3 is 0 Å². The average Bonchev–Trinajstić information content (AvgIpc) is 3.12. The number of rotatable bonds is 2. The van der Waals surface area contributed by atoms with Crippen LogP contribution in [-0.4, -0.2) is 14.5 Å². The second-order valence-corrected chi connectivity index (χ2v) is 7.17. The third kappa shape index (κ3) is 2.44. The summed E-state index contributed by atoms with van der Waals surface area (Å²) in [6.07, 6.45) is 1.67. The minimum absolute atomic E-state index is 0.926. The Morgan fingerprint density at radius 2 is 1.28 bits per heavy atom. The van der Waals surface area contributed by atoms with Gasteiger partial charge in [0, 0.05) is 16.6 Å². The van der Waals surface area contributed by atoms with E-state index < -0.39 is 0 Å². The van der Waals surface area contributed by atoms with Crippen LogP contribution in [0.1, 0.15) is 0 Å². The van der Waals surface area contributed by atoms with E-state index >= 15 is 0 Å². The molecule has 0 amide bonds. The number of benzene rings is 4. The van der Waals surface area contributed by atoms with Crippen LogP contribution in [-0.2, 0) is 0 Å². The third-order valence-corrected chi connectivity index (χ3v) is 5.47. The van der Waals surface area contributed by atoms with E-state index in [9.17, 15) is 0 Å². The minimum Gasteiger partial charge on any atom is -0.294 e. The maximum atomic E-state index is 4.72. The van der Waals surface area contributed by atoms with Gasteiger partial charge in [-0.2, -0.15) is 0 Å². The van der Waals surface area contributed by atoms with E-state index in [1.165, 1.54) is 16.2 Å². The fraction of sp³-hybridized carbons (Fsp3) is 0. The molecule has 0 saturated heterocycles. The van der Waals surface area contributed by atoms with E-state index in [-0.39, 0.29) is 0 Å². The van der Waals surface area contributed by atoms with E-state index in [4.69, 9.17) is 4.98 Å².